The van der Waals surface area contributed by atoms with E-state index in [0.29, 0.717) is 11.1 Å². The molecule has 1 aromatic carbocycles. The average molecular weight is 367 g/mol. The Morgan fingerprint density at radius 1 is 1.08 bits per heavy atom. The van der Waals surface area contributed by atoms with Gasteiger partial charge in [-0.25, -0.2) is 9.97 Å². The molecule has 0 fully saturated rings. The number of carbonyl (C=O) groups excluding carboxylic acids is 2. The zero-order valence-electron chi connectivity index (χ0n) is 13.2. The molecule has 1 aliphatic heterocycles. The highest BCUT2D eigenvalue weighted by atomic mass is 32.2. The molecule has 0 saturated heterocycles. The van der Waals surface area contributed by atoms with E-state index in [2.05, 4.69) is 9.97 Å². The van der Waals surface area contributed by atoms with Crippen molar-refractivity contribution in [2.45, 2.75) is 24.3 Å². The molecular weight excluding hydrogens is 354 g/mol. The molecule has 0 N–H and O–H groups in total. The standard InChI is InChI=1S/C18H13N3O2S2/c22-17-10-4-1-2-5-11(10)18(23)21(17)9-24-15-14-12-6-3-7-13(12)25-16(14)20-8-19-15/h1-2,4-5,8H,3,6-7,9H2. The van der Waals surface area contributed by atoms with Gasteiger partial charge in [-0.1, -0.05) is 23.9 Å². The van der Waals surface area contributed by atoms with Crippen molar-refractivity contribution in [1.82, 2.24) is 14.9 Å². The molecule has 0 atom stereocenters. The van der Waals surface area contributed by atoms with Gasteiger partial charge in [-0.3, -0.25) is 14.5 Å². The zero-order valence-corrected chi connectivity index (χ0v) is 14.8. The molecule has 5 nitrogen and oxygen atoms in total. The van der Waals surface area contributed by atoms with Crippen molar-refractivity contribution < 1.29 is 9.59 Å². The summed E-state index contributed by atoms with van der Waals surface area (Å²) in [4.78, 5) is 37.5. The maximum Gasteiger partial charge on any atom is 0.262 e. The molecule has 2 amide bonds. The number of aromatic nitrogens is 2. The summed E-state index contributed by atoms with van der Waals surface area (Å²) in [6.45, 7) is 0. The van der Waals surface area contributed by atoms with E-state index in [1.807, 2.05) is 0 Å². The van der Waals surface area contributed by atoms with Crippen molar-refractivity contribution >= 4 is 45.1 Å². The molecule has 0 spiro atoms. The minimum Gasteiger partial charge on any atom is -0.269 e. The number of thiophene rings is 1. The summed E-state index contributed by atoms with van der Waals surface area (Å²) in [6.07, 6.45) is 4.91. The fourth-order valence-corrected chi connectivity index (χ4v) is 5.76. The van der Waals surface area contributed by atoms with Crippen molar-refractivity contribution in [2.75, 3.05) is 5.88 Å². The van der Waals surface area contributed by atoms with Crippen molar-refractivity contribution in [3.05, 3.63) is 52.2 Å². The number of hydrogen-bond acceptors (Lipinski definition) is 6. The molecule has 25 heavy (non-hydrogen) atoms. The molecule has 0 radical (unpaired) electrons. The van der Waals surface area contributed by atoms with E-state index in [0.717, 1.165) is 28.1 Å². The van der Waals surface area contributed by atoms with Crippen molar-refractivity contribution in [3.8, 4) is 0 Å². The smallest absolute Gasteiger partial charge is 0.262 e. The summed E-state index contributed by atoms with van der Waals surface area (Å²) in [5, 5.41) is 1.97. The van der Waals surface area contributed by atoms with Crippen LogP contribution in [0.2, 0.25) is 0 Å². The SMILES string of the molecule is O=C1c2ccccc2C(=O)N1CSc1ncnc2sc3c(c12)CCC3. The summed E-state index contributed by atoms with van der Waals surface area (Å²) in [6, 6.07) is 6.97. The summed E-state index contributed by atoms with van der Waals surface area (Å²) in [7, 11) is 0. The highest BCUT2D eigenvalue weighted by Gasteiger charge is 2.35. The lowest BCUT2D eigenvalue weighted by Crippen LogP contribution is -2.29. The van der Waals surface area contributed by atoms with Gasteiger partial charge in [0.05, 0.1) is 17.0 Å². The van der Waals surface area contributed by atoms with Crippen LogP contribution in [-0.2, 0) is 12.8 Å². The van der Waals surface area contributed by atoms with E-state index in [9.17, 15) is 9.59 Å². The Bertz CT molecular complexity index is 1010. The topological polar surface area (TPSA) is 63.2 Å². The minimum atomic E-state index is -0.228. The van der Waals surface area contributed by atoms with Crippen LogP contribution in [0.25, 0.3) is 10.2 Å². The Labute approximate surface area is 152 Å². The van der Waals surface area contributed by atoms with Gasteiger partial charge in [0.1, 0.15) is 16.2 Å². The third-order valence-electron chi connectivity index (χ3n) is 4.68. The predicted octanol–water partition coefficient (Wildman–Crippen LogP) is 3.53. The lowest BCUT2D eigenvalue weighted by atomic mass is 10.1. The van der Waals surface area contributed by atoms with Gasteiger partial charge < -0.3 is 0 Å². The maximum atomic E-state index is 12.5. The first kappa shape index (κ1) is 15.0. The Kier molecular flexibility index (Phi) is 3.39. The normalized spacial score (nSPS) is 15.9. The third kappa shape index (κ3) is 2.22. The van der Waals surface area contributed by atoms with Gasteiger partial charge in [-0.2, -0.15) is 0 Å². The van der Waals surface area contributed by atoms with Gasteiger partial charge in [0.2, 0.25) is 0 Å². The van der Waals surface area contributed by atoms with Gasteiger partial charge in [-0.15, -0.1) is 11.3 Å². The zero-order chi connectivity index (χ0) is 17.0. The van der Waals surface area contributed by atoms with Gasteiger partial charge >= 0.3 is 0 Å². The monoisotopic (exact) mass is 367 g/mol. The number of hydrogen-bond donors (Lipinski definition) is 0. The van der Waals surface area contributed by atoms with Crippen LogP contribution in [-0.4, -0.2) is 32.6 Å². The van der Waals surface area contributed by atoms with Crippen LogP contribution in [0.15, 0.2) is 35.6 Å². The Balaban J connectivity index is 1.46. The van der Waals surface area contributed by atoms with E-state index in [4.69, 9.17) is 0 Å². The summed E-state index contributed by atoms with van der Waals surface area (Å²) in [5.41, 5.74) is 2.32. The first-order valence-corrected chi connectivity index (χ1v) is 9.87. The van der Waals surface area contributed by atoms with E-state index in [-0.39, 0.29) is 17.7 Å². The molecule has 0 saturated carbocycles. The molecule has 7 heteroatoms. The highest BCUT2D eigenvalue weighted by molar-refractivity contribution is 7.99. The van der Waals surface area contributed by atoms with E-state index < -0.39 is 0 Å². The van der Waals surface area contributed by atoms with E-state index in [1.54, 1.807) is 41.9 Å². The van der Waals surface area contributed by atoms with Gasteiger partial charge in [0.15, 0.2) is 0 Å². The average Bonchev–Trinajstić information content (AvgIpc) is 3.28. The van der Waals surface area contributed by atoms with Gasteiger partial charge in [0, 0.05) is 10.3 Å². The highest BCUT2D eigenvalue weighted by Crippen LogP contribution is 2.40. The number of imide groups is 1. The summed E-state index contributed by atoms with van der Waals surface area (Å²) in [5.74, 6) is -0.189. The molecule has 3 aromatic rings. The second-order valence-corrected chi connectivity index (χ2v) is 8.09. The molecule has 1 aliphatic carbocycles. The molecule has 0 unspecified atom stereocenters. The lowest BCUT2D eigenvalue weighted by molar-refractivity contribution is 0.0684. The predicted molar refractivity (Wildman–Crippen MR) is 97.1 cm³/mol. The van der Waals surface area contributed by atoms with Gasteiger partial charge in [0.25, 0.3) is 11.8 Å². The van der Waals surface area contributed by atoms with Crippen LogP contribution in [0.4, 0.5) is 0 Å². The summed E-state index contributed by atoms with van der Waals surface area (Å²) >= 11 is 3.17. The molecule has 2 aromatic heterocycles. The van der Waals surface area contributed by atoms with Crippen LogP contribution in [0, 0.1) is 0 Å². The second kappa shape index (κ2) is 5.64. The third-order valence-corrected chi connectivity index (χ3v) is 6.85. The van der Waals surface area contributed by atoms with Crippen LogP contribution in [0.1, 0.15) is 37.6 Å². The lowest BCUT2D eigenvalue weighted by Gasteiger charge is -2.13. The van der Waals surface area contributed by atoms with Crippen LogP contribution < -0.4 is 0 Å². The quantitative estimate of drug-likeness (QED) is 0.403. The van der Waals surface area contributed by atoms with Crippen LogP contribution in [0.3, 0.4) is 0 Å². The Hall–Kier alpha value is -2.25. The van der Waals surface area contributed by atoms with Crippen LogP contribution in [0.5, 0.6) is 0 Å². The second-order valence-electron chi connectivity index (χ2n) is 6.07. The minimum absolute atomic E-state index is 0.228. The van der Waals surface area contributed by atoms with Crippen molar-refractivity contribution in [3.63, 3.8) is 0 Å². The fraction of sp³-hybridized carbons (Fsp3) is 0.222. The number of nitrogens with zero attached hydrogens (tertiary/aromatic N) is 3. The first-order chi connectivity index (χ1) is 12.2. The molecular formula is C18H13N3O2S2. The molecule has 0 bridgehead atoms. The Morgan fingerprint density at radius 2 is 1.84 bits per heavy atom. The molecule has 5 rings (SSSR count). The van der Waals surface area contributed by atoms with Crippen LogP contribution >= 0.6 is 23.1 Å². The number of aryl methyl sites for hydroxylation is 2. The van der Waals surface area contributed by atoms with Crippen molar-refractivity contribution in [2.24, 2.45) is 0 Å². The number of carbonyl (C=O) groups is 2. The fourth-order valence-electron chi connectivity index (χ4n) is 3.49. The number of rotatable bonds is 3. The number of fused-ring (bicyclic) bond motifs is 4. The van der Waals surface area contributed by atoms with Crippen molar-refractivity contribution in [1.29, 1.82) is 0 Å². The number of benzene rings is 1. The number of amides is 2. The van der Waals surface area contributed by atoms with E-state index >= 15 is 0 Å². The molecule has 124 valence electrons. The van der Waals surface area contributed by atoms with E-state index in [1.165, 1.54) is 33.5 Å². The largest absolute Gasteiger partial charge is 0.269 e. The first-order valence-electron chi connectivity index (χ1n) is 8.07. The summed E-state index contributed by atoms with van der Waals surface area (Å²) < 4.78 is 0. The van der Waals surface area contributed by atoms with Gasteiger partial charge in [-0.05, 0) is 37.0 Å². The molecule has 3 heterocycles. The molecule has 2 aliphatic rings. The Morgan fingerprint density at radius 3 is 2.60 bits per heavy atom. The maximum absolute atomic E-state index is 12.5. The number of thioether (sulfide) groups is 1.